The third kappa shape index (κ3) is 3.40. The highest BCUT2D eigenvalue weighted by Crippen LogP contribution is 2.47. The largest absolute Gasteiger partial charge is 0.337 e. The second kappa shape index (κ2) is 6.59. The van der Waals surface area contributed by atoms with E-state index in [1.807, 2.05) is 37.3 Å². The highest BCUT2D eigenvalue weighted by atomic mass is 19.1. The number of pyridine rings is 1. The minimum absolute atomic E-state index is 0.0432. The lowest BCUT2D eigenvalue weighted by atomic mass is 9.96. The Bertz CT molecular complexity index is 698. The maximum atomic E-state index is 13.1. The van der Waals surface area contributed by atoms with E-state index in [4.69, 9.17) is 0 Å². The van der Waals surface area contributed by atoms with Gasteiger partial charge in [0.1, 0.15) is 5.82 Å². The Morgan fingerprint density at radius 1 is 1.29 bits per heavy atom. The molecule has 1 aliphatic carbocycles. The third-order valence-electron chi connectivity index (χ3n) is 4.91. The Kier molecular flexibility index (Phi) is 4.51. The summed E-state index contributed by atoms with van der Waals surface area (Å²) in [4.78, 5) is 18.4. The number of carbonyl (C=O) groups excluding carboxylic acids is 1. The molecule has 1 aliphatic rings. The van der Waals surface area contributed by atoms with Crippen molar-refractivity contribution in [3.05, 3.63) is 65.7 Å². The fourth-order valence-corrected chi connectivity index (χ4v) is 2.89. The Hall–Kier alpha value is -2.43. The average Bonchev–Trinajstić information content (AvgIpc) is 3.41. The number of rotatable bonds is 5. The number of benzene rings is 1. The van der Waals surface area contributed by atoms with Gasteiger partial charge in [-0.05, 0) is 49.6 Å². The molecule has 0 spiro atoms. The number of hydrogen-bond donors (Lipinski definition) is 1. The minimum atomic E-state index is -0.234. The minimum Gasteiger partial charge on any atom is -0.337 e. The van der Waals surface area contributed by atoms with Gasteiger partial charge in [0.15, 0.2) is 0 Å². The van der Waals surface area contributed by atoms with Gasteiger partial charge in [-0.15, -0.1) is 0 Å². The number of halogens is 1. The van der Waals surface area contributed by atoms with E-state index in [9.17, 15) is 9.18 Å². The van der Waals surface area contributed by atoms with Crippen LogP contribution >= 0.6 is 0 Å². The predicted octanol–water partition coefficient (Wildman–Crippen LogP) is 3.65. The van der Waals surface area contributed by atoms with Gasteiger partial charge in [-0.2, -0.15) is 0 Å². The third-order valence-corrected chi connectivity index (χ3v) is 4.91. The van der Waals surface area contributed by atoms with Crippen molar-refractivity contribution in [2.24, 2.45) is 0 Å². The summed E-state index contributed by atoms with van der Waals surface area (Å²) < 4.78 is 13.1. The van der Waals surface area contributed by atoms with E-state index < -0.39 is 0 Å². The monoisotopic (exact) mass is 327 g/mol. The van der Waals surface area contributed by atoms with Gasteiger partial charge in [-0.25, -0.2) is 9.18 Å². The van der Waals surface area contributed by atoms with Crippen molar-refractivity contribution in [3.63, 3.8) is 0 Å². The standard InChI is InChI=1S/C19H22FN3O/c1-14(17-5-3-4-12-21-17)23(2)18(24)22-13-19(10-11-19)15-6-8-16(20)9-7-15/h3-9,12,14H,10-11,13H2,1-2H3,(H,22,24). The molecule has 0 radical (unpaired) electrons. The first kappa shape index (κ1) is 16.4. The summed E-state index contributed by atoms with van der Waals surface area (Å²) in [5.74, 6) is -0.234. The number of nitrogens with zero attached hydrogens (tertiary/aromatic N) is 2. The Morgan fingerprint density at radius 2 is 2.00 bits per heavy atom. The van der Waals surface area contributed by atoms with E-state index in [0.29, 0.717) is 6.54 Å². The van der Waals surface area contributed by atoms with Crippen LogP contribution in [-0.4, -0.2) is 29.5 Å². The molecule has 1 atom stereocenters. The molecule has 0 bridgehead atoms. The molecule has 24 heavy (non-hydrogen) atoms. The average molecular weight is 327 g/mol. The van der Waals surface area contributed by atoms with E-state index in [1.54, 1.807) is 18.1 Å². The lowest BCUT2D eigenvalue weighted by Crippen LogP contribution is -2.42. The predicted molar refractivity (Wildman–Crippen MR) is 91.1 cm³/mol. The zero-order chi connectivity index (χ0) is 17.2. The summed E-state index contributed by atoms with van der Waals surface area (Å²) >= 11 is 0. The van der Waals surface area contributed by atoms with Crippen molar-refractivity contribution < 1.29 is 9.18 Å². The molecule has 4 nitrogen and oxygen atoms in total. The lowest BCUT2D eigenvalue weighted by molar-refractivity contribution is 0.192. The van der Waals surface area contributed by atoms with Crippen molar-refractivity contribution >= 4 is 6.03 Å². The zero-order valence-corrected chi connectivity index (χ0v) is 14.0. The van der Waals surface area contributed by atoms with E-state index in [0.717, 1.165) is 24.1 Å². The molecule has 1 aromatic heterocycles. The molecule has 1 saturated carbocycles. The topological polar surface area (TPSA) is 45.2 Å². The Labute approximate surface area is 141 Å². The summed E-state index contributed by atoms with van der Waals surface area (Å²) in [7, 11) is 1.77. The van der Waals surface area contributed by atoms with Gasteiger partial charge in [0.25, 0.3) is 0 Å². The van der Waals surface area contributed by atoms with E-state index in [2.05, 4.69) is 10.3 Å². The first-order valence-electron chi connectivity index (χ1n) is 8.19. The summed E-state index contributed by atoms with van der Waals surface area (Å²) in [6, 6.07) is 12.0. The fraction of sp³-hybridized carbons (Fsp3) is 0.368. The maximum absolute atomic E-state index is 13.1. The first-order chi connectivity index (χ1) is 11.5. The van der Waals surface area contributed by atoms with E-state index >= 15 is 0 Å². The summed E-state index contributed by atoms with van der Waals surface area (Å²) in [5, 5.41) is 3.01. The highest BCUT2D eigenvalue weighted by Gasteiger charge is 2.44. The molecule has 3 rings (SSSR count). The van der Waals surface area contributed by atoms with E-state index in [-0.39, 0.29) is 23.3 Å². The van der Waals surface area contributed by atoms with Crippen LogP contribution in [0.3, 0.4) is 0 Å². The van der Waals surface area contributed by atoms with Crippen molar-refractivity contribution in [2.75, 3.05) is 13.6 Å². The van der Waals surface area contributed by atoms with Gasteiger partial charge < -0.3 is 10.2 Å². The van der Waals surface area contributed by atoms with Crippen LogP contribution in [0.1, 0.15) is 37.1 Å². The van der Waals surface area contributed by atoms with Crippen LogP contribution in [0.5, 0.6) is 0 Å². The first-order valence-corrected chi connectivity index (χ1v) is 8.19. The highest BCUT2D eigenvalue weighted by molar-refractivity contribution is 5.74. The number of urea groups is 1. The molecule has 5 heteroatoms. The summed E-state index contributed by atoms with van der Waals surface area (Å²) in [6.45, 7) is 2.52. The van der Waals surface area contributed by atoms with Crippen LogP contribution in [0.15, 0.2) is 48.7 Å². The van der Waals surface area contributed by atoms with Crippen molar-refractivity contribution in [1.29, 1.82) is 0 Å². The van der Waals surface area contributed by atoms with E-state index in [1.165, 1.54) is 12.1 Å². The second-order valence-corrected chi connectivity index (χ2v) is 6.49. The molecule has 1 N–H and O–H groups in total. The smallest absolute Gasteiger partial charge is 0.317 e. The molecule has 0 saturated heterocycles. The number of amides is 2. The van der Waals surface area contributed by atoms with Gasteiger partial charge in [-0.1, -0.05) is 18.2 Å². The van der Waals surface area contributed by atoms with Gasteiger partial charge in [0.2, 0.25) is 0 Å². The van der Waals surface area contributed by atoms with Gasteiger partial charge in [0, 0.05) is 25.2 Å². The van der Waals surface area contributed by atoms with Crippen LogP contribution in [0.4, 0.5) is 9.18 Å². The molecule has 2 aromatic rings. The SMILES string of the molecule is CC(c1ccccn1)N(C)C(=O)NCC1(c2ccc(F)cc2)CC1. The van der Waals surface area contributed by atoms with Gasteiger partial charge in [0.05, 0.1) is 11.7 Å². The Morgan fingerprint density at radius 3 is 2.58 bits per heavy atom. The zero-order valence-electron chi connectivity index (χ0n) is 14.0. The molecule has 2 amide bonds. The van der Waals surface area contributed by atoms with Crippen LogP contribution < -0.4 is 5.32 Å². The molecule has 1 heterocycles. The maximum Gasteiger partial charge on any atom is 0.317 e. The molecule has 1 unspecified atom stereocenters. The van der Waals surface area contributed by atoms with Gasteiger partial charge >= 0.3 is 6.03 Å². The fourth-order valence-electron chi connectivity index (χ4n) is 2.89. The number of nitrogens with one attached hydrogen (secondary N) is 1. The molecule has 1 fully saturated rings. The Balaban J connectivity index is 1.60. The van der Waals surface area contributed by atoms with Crippen molar-refractivity contribution in [2.45, 2.75) is 31.2 Å². The van der Waals surface area contributed by atoms with Gasteiger partial charge in [-0.3, -0.25) is 4.98 Å². The quantitative estimate of drug-likeness (QED) is 0.911. The summed E-state index contributed by atoms with van der Waals surface area (Å²) in [5.41, 5.74) is 1.90. The normalized spacial score (nSPS) is 16.3. The molecule has 1 aromatic carbocycles. The van der Waals surface area contributed by atoms with Crippen molar-refractivity contribution in [1.82, 2.24) is 15.2 Å². The van der Waals surface area contributed by atoms with Crippen LogP contribution in [0.2, 0.25) is 0 Å². The molecular formula is C19H22FN3O. The lowest BCUT2D eigenvalue weighted by Gasteiger charge is -2.26. The molecule has 126 valence electrons. The molecule has 0 aliphatic heterocycles. The summed E-state index contributed by atoms with van der Waals surface area (Å²) in [6.07, 6.45) is 3.75. The number of hydrogen-bond acceptors (Lipinski definition) is 2. The van der Waals surface area contributed by atoms with Crippen LogP contribution in [0, 0.1) is 5.82 Å². The van der Waals surface area contributed by atoms with Crippen LogP contribution in [-0.2, 0) is 5.41 Å². The van der Waals surface area contributed by atoms with Crippen LogP contribution in [0.25, 0.3) is 0 Å². The molecular weight excluding hydrogens is 305 g/mol. The number of carbonyl (C=O) groups is 1. The second-order valence-electron chi connectivity index (χ2n) is 6.49. The number of aromatic nitrogens is 1. The van der Waals surface area contributed by atoms with Crippen molar-refractivity contribution in [3.8, 4) is 0 Å².